The molecule has 0 spiro atoms. The molecule has 0 amide bonds. The molecule has 3 nitrogen and oxygen atoms in total. The minimum Gasteiger partial charge on any atom is -0.294 e. The molecule has 0 saturated heterocycles. The van der Waals surface area contributed by atoms with E-state index in [4.69, 9.17) is 0 Å². The molecule has 0 atom stereocenters. The van der Waals surface area contributed by atoms with Crippen LogP contribution in [0.4, 0.5) is 4.39 Å². The molecule has 88 valence electrons. The molecule has 0 aliphatic heterocycles. The molecule has 1 heterocycles. The molecule has 0 radical (unpaired) electrons. The molecule has 0 N–H and O–H groups in total. The third-order valence-electron chi connectivity index (χ3n) is 2.46. The van der Waals surface area contributed by atoms with Crippen LogP contribution in [0.15, 0.2) is 35.4 Å². The Labute approximate surface area is 111 Å². The Morgan fingerprint density at radius 2 is 2.12 bits per heavy atom. The second kappa shape index (κ2) is 4.95. The number of hydrogen-bond donors (Lipinski definition) is 0. The molecule has 1 aromatic heterocycles. The number of rotatable bonds is 2. The van der Waals surface area contributed by atoms with E-state index in [0.717, 1.165) is 0 Å². The van der Waals surface area contributed by atoms with E-state index < -0.39 is 0 Å². The van der Waals surface area contributed by atoms with Gasteiger partial charge in [0.15, 0.2) is 0 Å². The molecule has 0 aliphatic carbocycles. The van der Waals surface area contributed by atoms with Crippen LogP contribution in [0.25, 0.3) is 0 Å². The van der Waals surface area contributed by atoms with E-state index in [-0.39, 0.29) is 17.9 Å². The lowest BCUT2D eigenvalue weighted by molar-refractivity contribution is 0.593. The van der Waals surface area contributed by atoms with Crippen LogP contribution in [0.2, 0.25) is 0 Å². The van der Waals surface area contributed by atoms with Crippen LogP contribution in [-0.4, -0.2) is 9.55 Å². The Balaban J connectivity index is 2.41. The lowest BCUT2D eigenvalue weighted by Crippen LogP contribution is -2.24. The molecule has 0 unspecified atom stereocenters. The maximum atomic E-state index is 13.4. The van der Waals surface area contributed by atoms with Crippen molar-refractivity contribution < 1.29 is 4.39 Å². The molecule has 0 saturated carbocycles. The van der Waals surface area contributed by atoms with Crippen LogP contribution in [-0.2, 0) is 6.54 Å². The summed E-state index contributed by atoms with van der Waals surface area (Å²) in [5, 5.41) is 0. The largest absolute Gasteiger partial charge is 0.294 e. The zero-order valence-corrected chi connectivity index (χ0v) is 11.3. The van der Waals surface area contributed by atoms with Crippen molar-refractivity contribution in [3.05, 3.63) is 61.6 Å². The SMILES string of the molecule is Cc1ncn(Cc2ccccc2F)c(=O)c1I. The van der Waals surface area contributed by atoms with Crippen molar-refractivity contribution in [1.82, 2.24) is 9.55 Å². The van der Waals surface area contributed by atoms with Crippen molar-refractivity contribution in [3.8, 4) is 0 Å². The fourth-order valence-corrected chi connectivity index (χ4v) is 1.92. The molecule has 0 aliphatic rings. The van der Waals surface area contributed by atoms with E-state index >= 15 is 0 Å². The number of aromatic nitrogens is 2. The fourth-order valence-electron chi connectivity index (χ4n) is 1.47. The summed E-state index contributed by atoms with van der Waals surface area (Å²) in [7, 11) is 0. The van der Waals surface area contributed by atoms with Crippen molar-refractivity contribution in [2.24, 2.45) is 0 Å². The zero-order valence-electron chi connectivity index (χ0n) is 9.15. The van der Waals surface area contributed by atoms with Gasteiger partial charge in [-0.1, -0.05) is 18.2 Å². The van der Waals surface area contributed by atoms with Gasteiger partial charge in [0.2, 0.25) is 0 Å². The first-order valence-corrected chi connectivity index (χ1v) is 6.12. The average Bonchev–Trinajstić information content (AvgIpc) is 2.32. The third kappa shape index (κ3) is 2.54. The summed E-state index contributed by atoms with van der Waals surface area (Å²) < 4.78 is 15.4. The summed E-state index contributed by atoms with van der Waals surface area (Å²) in [6.07, 6.45) is 1.45. The van der Waals surface area contributed by atoms with Crippen LogP contribution in [0.3, 0.4) is 0 Å². The highest BCUT2D eigenvalue weighted by molar-refractivity contribution is 14.1. The summed E-state index contributed by atoms with van der Waals surface area (Å²) in [6.45, 7) is 1.98. The summed E-state index contributed by atoms with van der Waals surface area (Å²) in [5.74, 6) is -0.310. The quantitative estimate of drug-likeness (QED) is 0.784. The maximum Gasteiger partial charge on any atom is 0.267 e. The first kappa shape index (κ1) is 12.2. The third-order valence-corrected chi connectivity index (χ3v) is 3.70. The summed E-state index contributed by atoms with van der Waals surface area (Å²) in [4.78, 5) is 16.0. The van der Waals surface area contributed by atoms with Crippen LogP contribution < -0.4 is 5.56 Å². The molecule has 2 aromatic rings. The second-order valence-corrected chi connectivity index (χ2v) is 4.75. The lowest BCUT2D eigenvalue weighted by Gasteiger charge is -2.07. The van der Waals surface area contributed by atoms with Gasteiger partial charge < -0.3 is 0 Å². The van der Waals surface area contributed by atoms with Crippen LogP contribution >= 0.6 is 22.6 Å². The van der Waals surface area contributed by atoms with Gasteiger partial charge in [-0.2, -0.15) is 0 Å². The van der Waals surface area contributed by atoms with Gasteiger partial charge in [0.25, 0.3) is 5.56 Å². The Hall–Kier alpha value is -1.24. The van der Waals surface area contributed by atoms with Crippen molar-refractivity contribution in [2.75, 3.05) is 0 Å². The second-order valence-electron chi connectivity index (χ2n) is 3.67. The van der Waals surface area contributed by atoms with E-state index in [1.807, 2.05) is 22.6 Å². The van der Waals surface area contributed by atoms with Crippen LogP contribution in [0, 0.1) is 16.3 Å². The van der Waals surface area contributed by atoms with Gasteiger partial charge in [-0.05, 0) is 35.6 Å². The van der Waals surface area contributed by atoms with E-state index in [0.29, 0.717) is 14.8 Å². The van der Waals surface area contributed by atoms with Crippen LogP contribution in [0.5, 0.6) is 0 Å². The first-order valence-electron chi connectivity index (χ1n) is 5.04. The minimum atomic E-state index is -0.310. The fraction of sp³-hybridized carbons (Fsp3) is 0.167. The van der Waals surface area contributed by atoms with Gasteiger partial charge in [0, 0.05) is 5.56 Å². The lowest BCUT2D eigenvalue weighted by atomic mass is 10.2. The predicted octanol–water partition coefficient (Wildman–Crippen LogP) is 2.34. The Kier molecular flexibility index (Phi) is 3.56. The Bertz CT molecular complexity index is 610. The molecule has 1 aromatic carbocycles. The number of aryl methyl sites for hydroxylation is 1. The number of halogens is 2. The Morgan fingerprint density at radius 1 is 1.41 bits per heavy atom. The number of benzene rings is 1. The molecule has 2 rings (SSSR count). The maximum absolute atomic E-state index is 13.4. The van der Waals surface area contributed by atoms with Crippen molar-refractivity contribution in [3.63, 3.8) is 0 Å². The Morgan fingerprint density at radius 3 is 2.82 bits per heavy atom. The molecule has 0 fully saturated rings. The van der Waals surface area contributed by atoms with E-state index in [1.165, 1.54) is 17.0 Å². The molecular weight excluding hydrogens is 334 g/mol. The van der Waals surface area contributed by atoms with Crippen molar-refractivity contribution in [2.45, 2.75) is 13.5 Å². The molecule has 17 heavy (non-hydrogen) atoms. The molecule has 5 heteroatoms. The highest BCUT2D eigenvalue weighted by atomic mass is 127. The summed E-state index contributed by atoms with van der Waals surface area (Å²) >= 11 is 1.96. The van der Waals surface area contributed by atoms with Gasteiger partial charge in [-0.3, -0.25) is 9.36 Å². The van der Waals surface area contributed by atoms with Gasteiger partial charge >= 0.3 is 0 Å². The van der Waals surface area contributed by atoms with Gasteiger partial charge in [0.1, 0.15) is 5.82 Å². The molecular formula is C12H10FIN2O. The smallest absolute Gasteiger partial charge is 0.267 e. The summed E-state index contributed by atoms with van der Waals surface area (Å²) in [5.41, 5.74) is 1.04. The molecule has 0 bridgehead atoms. The monoisotopic (exact) mass is 344 g/mol. The minimum absolute atomic E-state index is 0.138. The van der Waals surface area contributed by atoms with Gasteiger partial charge in [-0.25, -0.2) is 9.37 Å². The van der Waals surface area contributed by atoms with E-state index in [2.05, 4.69) is 4.98 Å². The highest BCUT2D eigenvalue weighted by Gasteiger charge is 2.07. The normalized spacial score (nSPS) is 10.5. The topological polar surface area (TPSA) is 34.9 Å². The highest BCUT2D eigenvalue weighted by Crippen LogP contribution is 2.08. The van der Waals surface area contributed by atoms with Crippen molar-refractivity contribution >= 4 is 22.6 Å². The van der Waals surface area contributed by atoms with E-state index in [9.17, 15) is 9.18 Å². The first-order chi connectivity index (χ1) is 8.09. The van der Waals surface area contributed by atoms with Crippen LogP contribution in [0.1, 0.15) is 11.3 Å². The standard InChI is InChI=1S/C12H10FIN2O/c1-8-11(14)12(17)16(7-15-8)6-9-4-2-3-5-10(9)13/h2-5,7H,6H2,1H3. The zero-order chi connectivity index (χ0) is 12.4. The summed E-state index contributed by atoms with van der Waals surface area (Å²) in [6, 6.07) is 6.41. The number of nitrogens with zero attached hydrogens (tertiary/aromatic N) is 2. The predicted molar refractivity (Wildman–Crippen MR) is 71.5 cm³/mol. The average molecular weight is 344 g/mol. The van der Waals surface area contributed by atoms with Gasteiger partial charge in [0.05, 0.1) is 22.1 Å². The van der Waals surface area contributed by atoms with Crippen molar-refractivity contribution in [1.29, 1.82) is 0 Å². The number of hydrogen-bond acceptors (Lipinski definition) is 2. The van der Waals surface area contributed by atoms with E-state index in [1.54, 1.807) is 25.1 Å². The van der Waals surface area contributed by atoms with Gasteiger partial charge in [-0.15, -0.1) is 0 Å².